The Hall–Kier alpha value is -2.55. The Balaban J connectivity index is 2.52. The average molecular weight is 410 g/mol. The standard InChI is InChI=1S/C18H21O9P/c1-25-15-6-5-12(18(17(15)21)27-28(22,23)24)4-3-11-7-13(9-19)14(10-20)16(8-11)26-2/h3-8,19-21H,9-10H2,1-2H3,(H2,22,23,24)/p-2/b4-3-. The number of hydrogen-bond donors (Lipinski definition) is 3. The van der Waals surface area contributed by atoms with Crippen LogP contribution in [0.2, 0.25) is 0 Å². The molecule has 2 rings (SSSR count). The fourth-order valence-electron chi connectivity index (χ4n) is 2.58. The Morgan fingerprint density at radius 2 is 1.71 bits per heavy atom. The molecule has 0 fully saturated rings. The number of hydrogen-bond acceptors (Lipinski definition) is 9. The van der Waals surface area contributed by atoms with E-state index in [0.29, 0.717) is 22.4 Å². The maximum atomic E-state index is 11.0. The summed E-state index contributed by atoms with van der Waals surface area (Å²) in [7, 11) is -2.76. The number of phenolic OH excluding ortho intramolecular Hbond substituents is 1. The van der Waals surface area contributed by atoms with E-state index < -0.39 is 19.3 Å². The normalized spacial score (nSPS) is 11.6. The maximum absolute atomic E-state index is 11.0. The molecule has 0 bridgehead atoms. The molecule has 0 radical (unpaired) electrons. The Labute approximate surface area is 161 Å². The Bertz CT molecular complexity index is 893. The van der Waals surface area contributed by atoms with Gasteiger partial charge in [-0.3, -0.25) is 0 Å². The van der Waals surface area contributed by atoms with Crippen LogP contribution in [0.5, 0.6) is 23.0 Å². The molecule has 2 aromatic rings. The summed E-state index contributed by atoms with van der Waals surface area (Å²) >= 11 is 0. The number of rotatable bonds is 8. The van der Waals surface area contributed by atoms with Crippen LogP contribution >= 0.6 is 7.82 Å². The van der Waals surface area contributed by atoms with Crippen molar-refractivity contribution >= 4 is 20.0 Å². The molecule has 3 N–H and O–H groups in total. The first-order valence-corrected chi connectivity index (χ1v) is 9.41. The topological polar surface area (TPSA) is 152 Å². The number of phosphoric acid groups is 1. The molecule has 0 spiro atoms. The van der Waals surface area contributed by atoms with E-state index in [1.165, 1.54) is 38.5 Å². The highest BCUT2D eigenvalue weighted by Gasteiger charge is 2.15. The summed E-state index contributed by atoms with van der Waals surface area (Å²) in [6, 6.07) is 5.96. The fourth-order valence-corrected chi connectivity index (χ4v) is 3.00. The number of methoxy groups -OCH3 is 2. The quantitative estimate of drug-likeness (QED) is 0.423. The van der Waals surface area contributed by atoms with Crippen LogP contribution in [0.15, 0.2) is 24.3 Å². The van der Waals surface area contributed by atoms with Crippen molar-refractivity contribution in [2.24, 2.45) is 0 Å². The molecule has 0 aromatic heterocycles. The highest BCUT2D eigenvalue weighted by atomic mass is 31.2. The number of phenols is 1. The van der Waals surface area contributed by atoms with Crippen LogP contribution in [0.4, 0.5) is 0 Å². The summed E-state index contributed by atoms with van der Waals surface area (Å²) in [6.45, 7) is -0.656. The summed E-state index contributed by atoms with van der Waals surface area (Å²) in [6.07, 6.45) is 2.93. The first kappa shape index (κ1) is 21.7. The molecule has 28 heavy (non-hydrogen) atoms. The maximum Gasteiger partial charge on any atom is 0.201 e. The molecule has 0 aliphatic rings. The van der Waals surface area contributed by atoms with E-state index in [1.807, 2.05) is 0 Å². The lowest BCUT2D eigenvalue weighted by Gasteiger charge is -2.30. The Morgan fingerprint density at radius 1 is 1.04 bits per heavy atom. The van der Waals surface area contributed by atoms with Gasteiger partial charge in [0, 0.05) is 11.1 Å². The molecule has 0 amide bonds. The van der Waals surface area contributed by atoms with Crippen LogP contribution in [0.1, 0.15) is 22.3 Å². The van der Waals surface area contributed by atoms with Gasteiger partial charge in [0.2, 0.25) is 5.75 Å². The minimum Gasteiger partial charge on any atom is -0.780 e. The van der Waals surface area contributed by atoms with Gasteiger partial charge in [0.15, 0.2) is 11.5 Å². The molecule has 2 aromatic carbocycles. The van der Waals surface area contributed by atoms with Crippen LogP contribution < -0.4 is 23.8 Å². The van der Waals surface area contributed by atoms with E-state index in [-0.39, 0.29) is 24.5 Å². The van der Waals surface area contributed by atoms with Gasteiger partial charge >= 0.3 is 0 Å². The molecule has 0 heterocycles. The second-order valence-corrected chi connectivity index (χ2v) is 6.66. The van der Waals surface area contributed by atoms with Gasteiger partial charge in [-0.1, -0.05) is 12.2 Å². The second kappa shape index (κ2) is 9.09. The fraction of sp³-hybridized carbons (Fsp3) is 0.222. The van der Waals surface area contributed by atoms with E-state index in [4.69, 9.17) is 9.47 Å². The summed E-state index contributed by atoms with van der Waals surface area (Å²) in [4.78, 5) is 22.0. The molecule has 10 heteroatoms. The number of phosphoric ester groups is 1. The first-order chi connectivity index (χ1) is 13.2. The van der Waals surface area contributed by atoms with Crippen molar-refractivity contribution in [3.05, 3.63) is 46.5 Å². The van der Waals surface area contributed by atoms with Crippen LogP contribution in [-0.2, 0) is 17.8 Å². The second-order valence-electron chi connectivity index (χ2n) is 5.58. The van der Waals surface area contributed by atoms with Crippen molar-refractivity contribution in [2.75, 3.05) is 14.2 Å². The lowest BCUT2D eigenvalue weighted by Crippen LogP contribution is -2.19. The highest BCUT2D eigenvalue weighted by Crippen LogP contribution is 2.44. The molecule has 0 saturated carbocycles. The molecule has 0 unspecified atom stereocenters. The minimum absolute atomic E-state index is 0.0721. The minimum atomic E-state index is -5.43. The number of ether oxygens (including phenoxy) is 2. The summed E-state index contributed by atoms with van der Waals surface area (Å²) in [5, 5.41) is 29.0. The first-order valence-electron chi connectivity index (χ1n) is 7.95. The lowest BCUT2D eigenvalue weighted by atomic mass is 10.0. The van der Waals surface area contributed by atoms with Gasteiger partial charge in [-0.2, -0.15) is 0 Å². The van der Waals surface area contributed by atoms with Crippen LogP contribution in [-0.4, -0.2) is 29.5 Å². The molecule has 0 atom stereocenters. The predicted molar refractivity (Wildman–Crippen MR) is 96.7 cm³/mol. The van der Waals surface area contributed by atoms with Crippen molar-refractivity contribution in [3.63, 3.8) is 0 Å². The van der Waals surface area contributed by atoms with Gasteiger partial charge < -0.3 is 43.7 Å². The third-order valence-corrected chi connectivity index (χ3v) is 4.28. The van der Waals surface area contributed by atoms with Gasteiger partial charge in [0.1, 0.15) is 13.6 Å². The van der Waals surface area contributed by atoms with Gasteiger partial charge in [-0.25, -0.2) is 0 Å². The summed E-state index contributed by atoms with van der Waals surface area (Å²) < 4.78 is 25.5. The lowest BCUT2D eigenvalue weighted by molar-refractivity contribution is -0.333. The van der Waals surface area contributed by atoms with Gasteiger partial charge in [-0.15, -0.1) is 0 Å². The molecule has 0 aliphatic heterocycles. The Morgan fingerprint density at radius 3 is 2.25 bits per heavy atom. The Kier molecular flexibility index (Phi) is 7.06. The van der Waals surface area contributed by atoms with Gasteiger partial charge in [-0.05, 0) is 35.4 Å². The summed E-state index contributed by atoms with van der Waals surface area (Å²) in [5.74, 6) is -0.922. The third kappa shape index (κ3) is 5.03. The molecule has 0 saturated heterocycles. The van der Waals surface area contributed by atoms with Crippen LogP contribution in [0.3, 0.4) is 0 Å². The monoisotopic (exact) mass is 410 g/mol. The number of aliphatic hydroxyl groups excluding tert-OH is 2. The number of aromatic hydroxyl groups is 1. The zero-order valence-electron chi connectivity index (χ0n) is 15.1. The number of aliphatic hydroxyl groups is 2. The molecule has 9 nitrogen and oxygen atoms in total. The third-order valence-electron chi connectivity index (χ3n) is 3.88. The van der Waals surface area contributed by atoms with Crippen LogP contribution in [0, 0.1) is 0 Å². The highest BCUT2D eigenvalue weighted by molar-refractivity contribution is 7.43. The van der Waals surface area contributed by atoms with Crippen molar-refractivity contribution in [1.82, 2.24) is 0 Å². The average Bonchev–Trinajstić information content (AvgIpc) is 2.66. The molecule has 0 aliphatic carbocycles. The van der Waals surface area contributed by atoms with E-state index >= 15 is 0 Å². The number of benzene rings is 2. The smallest absolute Gasteiger partial charge is 0.201 e. The largest absolute Gasteiger partial charge is 0.780 e. The molecular formula is C18H19O9P-2. The van der Waals surface area contributed by atoms with Crippen molar-refractivity contribution in [2.45, 2.75) is 13.2 Å². The van der Waals surface area contributed by atoms with E-state index in [9.17, 15) is 29.7 Å². The zero-order chi connectivity index (χ0) is 20.9. The van der Waals surface area contributed by atoms with Crippen molar-refractivity contribution in [1.29, 1.82) is 0 Å². The predicted octanol–water partition coefficient (Wildman–Crippen LogP) is 0.772. The zero-order valence-corrected chi connectivity index (χ0v) is 16.0. The van der Waals surface area contributed by atoms with Crippen molar-refractivity contribution in [3.8, 4) is 23.0 Å². The van der Waals surface area contributed by atoms with Gasteiger partial charge in [0.05, 0.1) is 27.4 Å². The van der Waals surface area contributed by atoms with Crippen molar-refractivity contribution < 1.29 is 43.7 Å². The van der Waals surface area contributed by atoms with E-state index in [1.54, 1.807) is 12.1 Å². The summed E-state index contributed by atoms with van der Waals surface area (Å²) in [5.41, 5.74) is 1.53. The molecular weight excluding hydrogens is 391 g/mol. The van der Waals surface area contributed by atoms with E-state index in [2.05, 4.69) is 4.52 Å². The van der Waals surface area contributed by atoms with Crippen LogP contribution in [0.25, 0.3) is 12.2 Å². The van der Waals surface area contributed by atoms with E-state index in [0.717, 1.165) is 0 Å². The van der Waals surface area contributed by atoms with Gasteiger partial charge in [0.25, 0.3) is 0 Å². The molecule has 152 valence electrons. The SMILES string of the molecule is COc1ccc(/C=C\c2cc(CO)c(CO)c(OC)c2)c(OP(=O)([O-])[O-])c1O.